The van der Waals surface area contributed by atoms with E-state index in [9.17, 15) is 0 Å². The van der Waals surface area contributed by atoms with Gasteiger partial charge in [0.2, 0.25) is 5.88 Å². The van der Waals surface area contributed by atoms with E-state index in [0.29, 0.717) is 5.02 Å². The van der Waals surface area contributed by atoms with Crippen LogP contribution in [0.5, 0.6) is 5.88 Å². The van der Waals surface area contributed by atoms with E-state index in [4.69, 9.17) is 27.3 Å². The van der Waals surface area contributed by atoms with E-state index in [1.54, 1.807) is 12.1 Å². The van der Waals surface area contributed by atoms with Crippen molar-refractivity contribution in [2.45, 2.75) is 6.61 Å². The maximum Gasteiger partial charge on any atom is 0.275 e. The first-order chi connectivity index (χ1) is 8.20. The summed E-state index contributed by atoms with van der Waals surface area (Å²) >= 11 is 5.75. The largest absolute Gasteiger partial charge is 0.470 e. The summed E-state index contributed by atoms with van der Waals surface area (Å²) in [6, 6.07) is 9.00. The highest BCUT2D eigenvalue weighted by Gasteiger charge is 2.14. The summed E-state index contributed by atoms with van der Waals surface area (Å²) in [4.78, 5) is 0. The molecule has 86 valence electrons. The van der Waals surface area contributed by atoms with E-state index in [1.165, 1.54) is 0 Å². The Labute approximate surface area is 102 Å². The Morgan fingerprint density at radius 1 is 1.41 bits per heavy atom. The Morgan fingerprint density at radius 3 is 2.76 bits per heavy atom. The third-order valence-electron chi connectivity index (χ3n) is 2.09. The first-order valence-electron chi connectivity index (χ1n) is 4.73. The van der Waals surface area contributed by atoms with Gasteiger partial charge in [0, 0.05) is 5.02 Å². The van der Waals surface area contributed by atoms with Crippen molar-refractivity contribution in [2.75, 3.05) is 5.73 Å². The monoisotopic (exact) mass is 249 g/mol. The summed E-state index contributed by atoms with van der Waals surface area (Å²) in [5.74, 6) is 0.0542. The molecule has 0 atom stereocenters. The number of nitriles is 1. The Kier molecular flexibility index (Phi) is 3.17. The second kappa shape index (κ2) is 4.76. The molecule has 17 heavy (non-hydrogen) atoms. The molecule has 2 N–H and O–H groups in total. The van der Waals surface area contributed by atoms with Crippen molar-refractivity contribution in [3.05, 3.63) is 40.4 Å². The predicted octanol–water partition coefficient (Wildman–Crippen LogP) is 2.36. The lowest BCUT2D eigenvalue weighted by atomic mass is 10.2. The number of aromatic nitrogens is 1. The lowest BCUT2D eigenvalue weighted by Crippen LogP contribution is -1.97. The normalized spacial score (nSPS) is 9.88. The van der Waals surface area contributed by atoms with Crippen LogP contribution in [0.2, 0.25) is 5.02 Å². The molecule has 6 heteroatoms. The van der Waals surface area contributed by atoms with Gasteiger partial charge in [0.05, 0.1) is 0 Å². The molecule has 0 aliphatic rings. The van der Waals surface area contributed by atoms with Crippen LogP contribution in [0, 0.1) is 11.3 Å². The fraction of sp³-hybridized carbons (Fsp3) is 0.0909. The third-order valence-corrected chi connectivity index (χ3v) is 2.34. The lowest BCUT2D eigenvalue weighted by molar-refractivity contribution is 0.270. The first kappa shape index (κ1) is 11.3. The van der Waals surface area contributed by atoms with E-state index < -0.39 is 0 Å². The minimum Gasteiger partial charge on any atom is -0.470 e. The Morgan fingerprint density at radius 2 is 2.12 bits per heavy atom. The molecule has 0 radical (unpaired) electrons. The number of benzene rings is 1. The van der Waals surface area contributed by atoms with Crippen LogP contribution in [0.4, 0.5) is 5.88 Å². The molecule has 1 aromatic carbocycles. The molecule has 1 aromatic heterocycles. The average Bonchev–Trinajstić information content (AvgIpc) is 2.69. The van der Waals surface area contributed by atoms with Crippen molar-refractivity contribution < 1.29 is 9.26 Å². The fourth-order valence-corrected chi connectivity index (χ4v) is 1.35. The zero-order chi connectivity index (χ0) is 12.3. The Bertz CT molecular complexity index is 557. The molecule has 2 aromatic rings. The number of nitrogen functional groups attached to an aromatic ring is 1. The number of hydrogen-bond acceptors (Lipinski definition) is 5. The van der Waals surface area contributed by atoms with Crippen LogP contribution in [0.25, 0.3) is 0 Å². The van der Waals surface area contributed by atoms with Gasteiger partial charge in [-0.15, -0.1) is 0 Å². The molecule has 0 aliphatic carbocycles. The molecule has 0 unspecified atom stereocenters. The van der Waals surface area contributed by atoms with Crippen LogP contribution in [-0.4, -0.2) is 5.16 Å². The zero-order valence-electron chi connectivity index (χ0n) is 8.68. The number of rotatable bonds is 3. The molecule has 5 nitrogen and oxygen atoms in total. The molecular formula is C11H8ClN3O2. The van der Waals surface area contributed by atoms with Gasteiger partial charge in [-0.2, -0.15) is 5.26 Å². The standard InChI is InChI=1S/C11H8ClN3O2/c12-8-3-1-7(2-4-8)6-16-11-9(5-13)10(14)17-15-11/h1-4H,6,14H2. The van der Waals surface area contributed by atoms with E-state index in [-0.39, 0.29) is 23.9 Å². The molecule has 0 spiro atoms. The van der Waals surface area contributed by atoms with E-state index in [2.05, 4.69) is 9.68 Å². The maximum atomic E-state index is 8.79. The number of ether oxygens (including phenoxy) is 1. The van der Waals surface area contributed by atoms with Crippen molar-refractivity contribution in [1.82, 2.24) is 5.16 Å². The van der Waals surface area contributed by atoms with Crippen LogP contribution < -0.4 is 10.5 Å². The van der Waals surface area contributed by atoms with Gasteiger partial charge in [-0.1, -0.05) is 23.7 Å². The van der Waals surface area contributed by atoms with Gasteiger partial charge in [0.1, 0.15) is 12.7 Å². The quantitative estimate of drug-likeness (QED) is 0.903. The number of hydrogen-bond donors (Lipinski definition) is 1. The van der Waals surface area contributed by atoms with Crippen molar-refractivity contribution in [3.63, 3.8) is 0 Å². The minimum atomic E-state index is -0.0430. The molecule has 1 heterocycles. The SMILES string of the molecule is N#Cc1c(OCc2ccc(Cl)cc2)noc1N. The summed E-state index contributed by atoms with van der Waals surface area (Å²) < 4.78 is 9.98. The van der Waals surface area contributed by atoms with Gasteiger partial charge in [-0.05, 0) is 22.9 Å². The third kappa shape index (κ3) is 2.49. The lowest BCUT2D eigenvalue weighted by Gasteiger charge is -2.02. The van der Waals surface area contributed by atoms with E-state index in [0.717, 1.165) is 5.56 Å². The number of anilines is 1. The Hall–Kier alpha value is -2.19. The molecule has 0 saturated carbocycles. The van der Waals surface area contributed by atoms with Gasteiger partial charge < -0.3 is 15.0 Å². The summed E-state index contributed by atoms with van der Waals surface area (Å²) in [5.41, 5.74) is 6.40. The second-order valence-corrected chi connectivity index (χ2v) is 3.69. The molecule has 0 fully saturated rings. The van der Waals surface area contributed by atoms with Crippen LogP contribution in [0.1, 0.15) is 11.1 Å². The van der Waals surface area contributed by atoms with Crippen molar-refractivity contribution in [1.29, 1.82) is 5.26 Å². The van der Waals surface area contributed by atoms with Crippen LogP contribution in [0.3, 0.4) is 0 Å². The summed E-state index contributed by atoms with van der Waals surface area (Å²) in [6.07, 6.45) is 0. The fourth-order valence-electron chi connectivity index (χ4n) is 1.22. The summed E-state index contributed by atoms with van der Waals surface area (Å²) in [7, 11) is 0. The van der Waals surface area contributed by atoms with Crippen molar-refractivity contribution in [3.8, 4) is 11.9 Å². The molecule has 0 saturated heterocycles. The van der Waals surface area contributed by atoms with Gasteiger partial charge in [-0.25, -0.2) is 0 Å². The number of nitrogens with zero attached hydrogens (tertiary/aromatic N) is 2. The number of halogens is 1. The maximum absolute atomic E-state index is 8.79. The topological polar surface area (TPSA) is 85.1 Å². The van der Waals surface area contributed by atoms with E-state index >= 15 is 0 Å². The molecule has 2 rings (SSSR count). The highest BCUT2D eigenvalue weighted by molar-refractivity contribution is 6.30. The minimum absolute atomic E-state index is 0.0430. The average molecular weight is 250 g/mol. The highest BCUT2D eigenvalue weighted by atomic mass is 35.5. The number of nitrogens with two attached hydrogens (primary N) is 1. The highest BCUT2D eigenvalue weighted by Crippen LogP contribution is 2.23. The zero-order valence-corrected chi connectivity index (χ0v) is 9.44. The van der Waals surface area contributed by atoms with Crippen LogP contribution in [-0.2, 0) is 6.61 Å². The van der Waals surface area contributed by atoms with E-state index in [1.807, 2.05) is 18.2 Å². The van der Waals surface area contributed by atoms with Crippen LogP contribution >= 0.6 is 11.6 Å². The van der Waals surface area contributed by atoms with Crippen molar-refractivity contribution >= 4 is 17.5 Å². The molecule has 0 amide bonds. The summed E-state index contributed by atoms with van der Waals surface area (Å²) in [5, 5.41) is 13.0. The van der Waals surface area contributed by atoms with Crippen LogP contribution in [0.15, 0.2) is 28.8 Å². The first-order valence-corrected chi connectivity index (χ1v) is 5.11. The van der Waals surface area contributed by atoms with Crippen molar-refractivity contribution in [2.24, 2.45) is 0 Å². The Balaban J connectivity index is 2.08. The van der Waals surface area contributed by atoms with Gasteiger partial charge in [-0.3, -0.25) is 0 Å². The molecule has 0 aliphatic heterocycles. The van der Waals surface area contributed by atoms with Gasteiger partial charge in [0.25, 0.3) is 5.88 Å². The predicted molar refractivity (Wildman–Crippen MR) is 61.4 cm³/mol. The summed E-state index contributed by atoms with van der Waals surface area (Å²) in [6.45, 7) is 0.262. The van der Waals surface area contributed by atoms with Gasteiger partial charge in [0.15, 0.2) is 5.56 Å². The van der Waals surface area contributed by atoms with Gasteiger partial charge >= 0.3 is 0 Å². The smallest absolute Gasteiger partial charge is 0.275 e. The molecular weight excluding hydrogens is 242 g/mol. The molecule has 0 bridgehead atoms. The second-order valence-electron chi connectivity index (χ2n) is 3.25.